The van der Waals surface area contributed by atoms with E-state index in [1.54, 1.807) is 24.3 Å². The highest BCUT2D eigenvalue weighted by molar-refractivity contribution is 5.77. The number of hydrogen-bond acceptors (Lipinski definition) is 3. The van der Waals surface area contributed by atoms with Crippen LogP contribution in [0.4, 0.5) is 0 Å². The lowest BCUT2D eigenvalue weighted by Gasteiger charge is -2.09. The number of ether oxygens (including phenoxy) is 1. The van der Waals surface area contributed by atoms with Gasteiger partial charge in [0.25, 0.3) is 5.91 Å². The molecule has 1 amide bonds. The Labute approximate surface area is 137 Å². The summed E-state index contributed by atoms with van der Waals surface area (Å²) in [6, 6.07) is 15.3. The molecule has 0 spiro atoms. The second kappa shape index (κ2) is 8.34. The van der Waals surface area contributed by atoms with Crippen LogP contribution in [0, 0.1) is 0 Å². The molecule has 0 aliphatic carbocycles. The number of rotatable bonds is 7. The Morgan fingerprint density at radius 3 is 2.22 bits per heavy atom. The monoisotopic (exact) mass is 313 g/mol. The fourth-order valence-electron chi connectivity index (χ4n) is 2.11. The second-order valence-corrected chi connectivity index (χ2v) is 5.76. The van der Waals surface area contributed by atoms with Crippen molar-refractivity contribution in [3.8, 4) is 5.75 Å². The Bertz CT molecular complexity index is 618. The van der Waals surface area contributed by atoms with Crippen molar-refractivity contribution >= 4 is 5.91 Å². The molecule has 2 N–H and O–H groups in total. The average molecular weight is 313 g/mol. The van der Waals surface area contributed by atoms with Gasteiger partial charge in [-0.2, -0.15) is 0 Å². The Morgan fingerprint density at radius 2 is 1.65 bits per heavy atom. The van der Waals surface area contributed by atoms with Crippen LogP contribution in [-0.2, 0) is 17.9 Å². The molecular weight excluding hydrogens is 290 g/mol. The average Bonchev–Trinajstić information content (AvgIpc) is 2.59. The van der Waals surface area contributed by atoms with Gasteiger partial charge in [0.1, 0.15) is 5.75 Å². The molecule has 23 heavy (non-hydrogen) atoms. The molecule has 0 aliphatic rings. The topological polar surface area (TPSA) is 58.6 Å². The van der Waals surface area contributed by atoms with Crippen molar-refractivity contribution in [2.75, 3.05) is 6.61 Å². The number of aliphatic hydroxyl groups excluding tert-OH is 1. The maximum Gasteiger partial charge on any atom is 0.258 e. The summed E-state index contributed by atoms with van der Waals surface area (Å²) in [6.45, 7) is 4.77. The highest BCUT2D eigenvalue weighted by Gasteiger charge is 2.04. The van der Waals surface area contributed by atoms with Gasteiger partial charge in [-0.3, -0.25) is 4.79 Å². The number of nitrogens with one attached hydrogen (secondary N) is 1. The first-order valence-electron chi connectivity index (χ1n) is 7.76. The van der Waals surface area contributed by atoms with E-state index in [9.17, 15) is 4.79 Å². The van der Waals surface area contributed by atoms with E-state index in [4.69, 9.17) is 9.84 Å². The van der Waals surface area contributed by atoms with E-state index < -0.39 is 0 Å². The largest absolute Gasteiger partial charge is 0.484 e. The van der Waals surface area contributed by atoms with Crippen LogP contribution in [0.15, 0.2) is 48.5 Å². The van der Waals surface area contributed by atoms with Gasteiger partial charge in [-0.05, 0) is 34.7 Å². The van der Waals surface area contributed by atoms with Gasteiger partial charge < -0.3 is 15.2 Å². The molecule has 0 fully saturated rings. The summed E-state index contributed by atoms with van der Waals surface area (Å²) in [6.07, 6.45) is 0. The van der Waals surface area contributed by atoms with Gasteiger partial charge in [-0.15, -0.1) is 0 Å². The SMILES string of the molecule is CC(C)c1ccc(CNC(=O)COc2ccc(CO)cc2)cc1. The minimum Gasteiger partial charge on any atom is -0.484 e. The van der Waals surface area contributed by atoms with Crippen LogP contribution in [0.3, 0.4) is 0 Å². The van der Waals surface area contributed by atoms with Crippen LogP contribution >= 0.6 is 0 Å². The van der Waals surface area contributed by atoms with Gasteiger partial charge in [0, 0.05) is 6.54 Å². The van der Waals surface area contributed by atoms with E-state index >= 15 is 0 Å². The predicted octanol–water partition coefficient (Wildman–Crippen LogP) is 3.00. The van der Waals surface area contributed by atoms with Gasteiger partial charge in [-0.1, -0.05) is 50.2 Å². The number of aliphatic hydroxyl groups is 1. The summed E-state index contributed by atoms with van der Waals surface area (Å²) >= 11 is 0. The first kappa shape index (κ1) is 17.0. The van der Waals surface area contributed by atoms with E-state index in [1.165, 1.54) is 5.56 Å². The molecule has 2 aromatic carbocycles. The van der Waals surface area contributed by atoms with E-state index in [2.05, 4.69) is 31.3 Å². The molecule has 0 aliphatic heterocycles. The van der Waals surface area contributed by atoms with Crippen molar-refractivity contribution in [2.45, 2.75) is 32.9 Å². The van der Waals surface area contributed by atoms with Gasteiger partial charge >= 0.3 is 0 Å². The second-order valence-electron chi connectivity index (χ2n) is 5.76. The molecule has 2 rings (SSSR count). The molecule has 0 saturated carbocycles. The maximum atomic E-state index is 11.8. The first-order chi connectivity index (χ1) is 11.1. The number of benzene rings is 2. The number of amides is 1. The normalized spacial score (nSPS) is 10.6. The van der Waals surface area contributed by atoms with Gasteiger partial charge in [0.15, 0.2) is 6.61 Å². The summed E-state index contributed by atoms with van der Waals surface area (Å²) in [5, 5.41) is 11.8. The highest BCUT2D eigenvalue weighted by atomic mass is 16.5. The predicted molar refractivity (Wildman–Crippen MR) is 90.2 cm³/mol. The van der Waals surface area contributed by atoms with Crippen LogP contribution in [0.5, 0.6) is 5.75 Å². The van der Waals surface area contributed by atoms with Crippen molar-refractivity contribution in [2.24, 2.45) is 0 Å². The number of carbonyl (C=O) groups excluding carboxylic acids is 1. The molecule has 122 valence electrons. The van der Waals surface area contributed by atoms with Crippen molar-refractivity contribution in [3.63, 3.8) is 0 Å². The number of hydrogen-bond donors (Lipinski definition) is 2. The number of carbonyl (C=O) groups is 1. The summed E-state index contributed by atoms with van der Waals surface area (Å²) in [7, 11) is 0. The zero-order chi connectivity index (χ0) is 16.7. The van der Waals surface area contributed by atoms with Gasteiger partial charge in [0.05, 0.1) is 6.61 Å². The maximum absolute atomic E-state index is 11.8. The van der Waals surface area contributed by atoms with E-state index in [-0.39, 0.29) is 19.1 Å². The minimum absolute atomic E-state index is 0.00361. The van der Waals surface area contributed by atoms with E-state index in [0.717, 1.165) is 11.1 Å². The Kier molecular flexibility index (Phi) is 6.18. The smallest absolute Gasteiger partial charge is 0.258 e. The minimum atomic E-state index is -0.163. The van der Waals surface area contributed by atoms with Gasteiger partial charge in [0.2, 0.25) is 0 Å². The van der Waals surface area contributed by atoms with E-state index in [0.29, 0.717) is 18.2 Å². The summed E-state index contributed by atoms with van der Waals surface area (Å²) in [5.74, 6) is 0.951. The van der Waals surface area contributed by atoms with Crippen LogP contribution in [0.1, 0.15) is 36.5 Å². The summed E-state index contributed by atoms with van der Waals surface area (Å²) in [4.78, 5) is 11.8. The molecule has 0 radical (unpaired) electrons. The van der Waals surface area contributed by atoms with Crippen molar-refractivity contribution < 1.29 is 14.6 Å². The fraction of sp³-hybridized carbons (Fsp3) is 0.316. The Hall–Kier alpha value is -2.33. The molecule has 0 atom stereocenters. The molecule has 0 aromatic heterocycles. The lowest BCUT2D eigenvalue weighted by atomic mass is 10.0. The van der Waals surface area contributed by atoms with E-state index in [1.807, 2.05) is 12.1 Å². The fourth-order valence-corrected chi connectivity index (χ4v) is 2.11. The first-order valence-corrected chi connectivity index (χ1v) is 7.76. The molecule has 2 aromatic rings. The van der Waals surface area contributed by atoms with Crippen LogP contribution in [0.25, 0.3) is 0 Å². The molecule has 0 unspecified atom stereocenters. The van der Waals surface area contributed by atoms with Crippen molar-refractivity contribution in [1.29, 1.82) is 0 Å². The lowest BCUT2D eigenvalue weighted by Crippen LogP contribution is -2.28. The Balaban J connectivity index is 1.76. The molecule has 0 bridgehead atoms. The highest BCUT2D eigenvalue weighted by Crippen LogP contribution is 2.14. The third-order valence-electron chi connectivity index (χ3n) is 3.61. The lowest BCUT2D eigenvalue weighted by molar-refractivity contribution is -0.123. The molecule has 0 saturated heterocycles. The molecule has 4 heteroatoms. The quantitative estimate of drug-likeness (QED) is 0.826. The summed E-state index contributed by atoms with van der Waals surface area (Å²) < 4.78 is 5.41. The van der Waals surface area contributed by atoms with Crippen LogP contribution in [-0.4, -0.2) is 17.6 Å². The third-order valence-corrected chi connectivity index (χ3v) is 3.61. The molecule has 4 nitrogen and oxygen atoms in total. The Morgan fingerprint density at radius 1 is 1.04 bits per heavy atom. The van der Waals surface area contributed by atoms with Gasteiger partial charge in [-0.25, -0.2) is 0 Å². The van der Waals surface area contributed by atoms with Crippen molar-refractivity contribution in [1.82, 2.24) is 5.32 Å². The summed E-state index contributed by atoms with van der Waals surface area (Å²) in [5.41, 5.74) is 3.16. The zero-order valence-electron chi connectivity index (χ0n) is 13.6. The van der Waals surface area contributed by atoms with Crippen LogP contribution < -0.4 is 10.1 Å². The standard InChI is InChI=1S/C19H23NO3/c1-14(2)17-7-3-15(4-8-17)11-20-19(22)13-23-18-9-5-16(12-21)6-10-18/h3-10,14,21H,11-13H2,1-2H3,(H,20,22). The van der Waals surface area contributed by atoms with Crippen LogP contribution in [0.2, 0.25) is 0 Å². The molecule has 0 heterocycles. The zero-order valence-corrected chi connectivity index (χ0v) is 13.6. The van der Waals surface area contributed by atoms with Crippen molar-refractivity contribution in [3.05, 3.63) is 65.2 Å². The molecular formula is C19H23NO3. The third kappa shape index (κ3) is 5.42.